The van der Waals surface area contributed by atoms with Gasteiger partial charge in [-0.3, -0.25) is 0 Å². The van der Waals surface area contributed by atoms with Crippen LogP contribution >= 0.6 is 0 Å². The second-order valence-electron chi connectivity index (χ2n) is 2.85. The van der Waals surface area contributed by atoms with E-state index in [4.69, 9.17) is 5.11 Å². The van der Waals surface area contributed by atoms with Gasteiger partial charge in [0.1, 0.15) is 0 Å². The van der Waals surface area contributed by atoms with Gasteiger partial charge in [-0.05, 0) is 17.7 Å². The van der Waals surface area contributed by atoms with Gasteiger partial charge in [-0.25, -0.2) is 13.6 Å². The predicted molar refractivity (Wildman–Crippen MR) is 50.7 cm³/mol. The van der Waals surface area contributed by atoms with E-state index in [0.29, 0.717) is 11.1 Å². The summed E-state index contributed by atoms with van der Waals surface area (Å²) < 4.78 is 23.9. The van der Waals surface area contributed by atoms with Crippen molar-refractivity contribution < 1.29 is 18.7 Å². The normalized spacial score (nSPS) is 9.53. The predicted octanol–water partition coefficient (Wildman–Crippen LogP) is 1.93. The maximum Gasteiger partial charge on any atom is 0.382 e. The highest BCUT2D eigenvalue weighted by Gasteiger charge is 2.03. The first-order valence-electron chi connectivity index (χ1n) is 4.20. The van der Waals surface area contributed by atoms with Crippen molar-refractivity contribution >= 4 is 5.97 Å². The highest BCUT2D eigenvalue weighted by atomic mass is 19.3. The van der Waals surface area contributed by atoms with Gasteiger partial charge >= 0.3 is 5.97 Å². The smallest absolute Gasteiger partial charge is 0.382 e. The van der Waals surface area contributed by atoms with E-state index in [1.165, 1.54) is 24.3 Å². The number of rotatable bonds is 2. The molecule has 0 aliphatic carbocycles. The highest BCUT2D eigenvalue weighted by Crippen LogP contribution is 2.08. The maximum atomic E-state index is 12.0. The van der Waals surface area contributed by atoms with Gasteiger partial charge in [0.15, 0.2) is 0 Å². The van der Waals surface area contributed by atoms with Gasteiger partial charge < -0.3 is 5.11 Å². The molecule has 2 nitrogen and oxygen atoms in total. The summed E-state index contributed by atoms with van der Waals surface area (Å²) in [6.07, 6.45) is -2.67. The molecule has 4 heteroatoms. The van der Waals surface area contributed by atoms with E-state index in [0.717, 1.165) is 0 Å². The molecule has 78 valence electrons. The molecule has 0 atom stereocenters. The van der Waals surface area contributed by atoms with Crippen LogP contribution in [0.15, 0.2) is 24.3 Å². The van der Waals surface area contributed by atoms with E-state index in [1.807, 2.05) is 5.92 Å². The van der Waals surface area contributed by atoms with Crippen LogP contribution in [0.1, 0.15) is 11.1 Å². The van der Waals surface area contributed by atoms with Crippen molar-refractivity contribution in [3.63, 3.8) is 0 Å². The van der Waals surface area contributed by atoms with Gasteiger partial charge in [0.05, 0.1) is 0 Å². The minimum Gasteiger partial charge on any atom is -0.472 e. The third-order valence-corrected chi connectivity index (χ3v) is 1.66. The van der Waals surface area contributed by atoms with Crippen LogP contribution < -0.4 is 0 Å². The standard InChI is InChI=1S/C11H8F2O2/c12-10(13)7-9-3-1-8(2-4-9)5-6-11(14)15/h1-4,10H,7H2,(H,14,15). The molecule has 0 radical (unpaired) electrons. The zero-order valence-electron chi connectivity index (χ0n) is 7.71. The first-order chi connectivity index (χ1) is 7.08. The van der Waals surface area contributed by atoms with E-state index < -0.39 is 12.4 Å². The minimum absolute atomic E-state index is 0.299. The molecule has 0 spiro atoms. The Morgan fingerprint density at radius 1 is 1.33 bits per heavy atom. The average Bonchev–Trinajstić information content (AvgIpc) is 2.16. The second-order valence-corrected chi connectivity index (χ2v) is 2.85. The molecule has 1 N–H and O–H groups in total. The molecule has 1 aromatic carbocycles. The number of aliphatic carboxylic acids is 1. The maximum absolute atomic E-state index is 12.0. The number of carboxylic acid groups (broad SMARTS) is 1. The Morgan fingerprint density at radius 3 is 2.40 bits per heavy atom. The lowest BCUT2D eigenvalue weighted by molar-refractivity contribution is -0.130. The van der Waals surface area contributed by atoms with Crippen molar-refractivity contribution in [1.82, 2.24) is 0 Å². The third kappa shape index (κ3) is 4.23. The van der Waals surface area contributed by atoms with E-state index in [2.05, 4.69) is 5.92 Å². The van der Waals surface area contributed by atoms with Crippen LogP contribution in [0.4, 0.5) is 8.78 Å². The molecule has 0 aliphatic rings. The molecule has 1 aromatic rings. The molecule has 0 saturated heterocycles. The van der Waals surface area contributed by atoms with Crippen LogP contribution in [0.2, 0.25) is 0 Å². The zero-order valence-corrected chi connectivity index (χ0v) is 7.71. The van der Waals surface area contributed by atoms with E-state index >= 15 is 0 Å². The first kappa shape index (κ1) is 11.2. The topological polar surface area (TPSA) is 37.3 Å². The average molecular weight is 210 g/mol. The summed E-state index contributed by atoms with van der Waals surface area (Å²) in [6, 6.07) is 6.07. The number of halogens is 2. The SMILES string of the molecule is O=C(O)C#Cc1ccc(CC(F)F)cc1. The second kappa shape index (κ2) is 5.11. The number of carboxylic acids is 1. The lowest BCUT2D eigenvalue weighted by atomic mass is 10.1. The lowest BCUT2D eigenvalue weighted by Gasteiger charge is -1.99. The third-order valence-electron chi connectivity index (χ3n) is 1.66. The van der Waals surface area contributed by atoms with Crippen LogP contribution in [0.3, 0.4) is 0 Å². The summed E-state index contributed by atoms with van der Waals surface area (Å²) in [6.45, 7) is 0. The first-order valence-corrected chi connectivity index (χ1v) is 4.20. The Balaban J connectivity index is 2.74. The Kier molecular flexibility index (Phi) is 3.81. The molecule has 0 aromatic heterocycles. The number of benzene rings is 1. The largest absolute Gasteiger partial charge is 0.472 e. The van der Waals surface area contributed by atoms with Crippen molar-refractivity contribution in [3.8, 4) is 11.8 Å². The van der Waals surface area contributed by atoms with Gasteiger partial charge in [-0.2, -0.15) is 0 Å². The van der Waals surface area contributed by atoms with Crippen LogP contribution in [-0.2, 0) is 11.2 Å². The quantitative estimate of drug-likeness (QED) is 0.757. The minimum atomic E-state index is -2.37. The fourth-order valence-electron chi connectivity index (χ4n) is 1.03. The van der Waals surface area contributed by atoms with Crippen molar-refractivity contribution in [3.05, 3.63) is 35.4 Å². The van der Waals surface area contributed by atoms with Crippen molar-refractivity contribution in [1.29, 1.82) is 0 Å². The van der Waals surface area contributed by atoms with Gasteiger partial charge in [0, 0.05) is 17.9 Å². The molecule has 0 bridgehead atoms. The molecule has 0 aliphatic heterocycles. The van der Waals surface area contributed by atoms with Crippen molar-refractivity contribution in [2.45, 2.75) is 12.8 Å². The molecule has 0 amide bonds. The fraction of sp³-hybridized carbons (Fsp3) is 0.182. The zero-order chi connectivity index (χ0) is 11.3. The Bertz CT molecular complexity index is 399. The molecular formula is C11H8F2O2. The van der Waals surface area contributed by atoms with Crippen LogP contribution in [-0.4, -0.2) is 17.5 Å². The molecule has 0 unspecified atom stereocenters. The molecule has 15 heavy (non-hydrogen) atoms. The molecule has 0 fully saturated rings. The van der Waals surface area contributed by atoms with Gasteiger partial charge in [0.2, 0.25) is 6.43 Å². The Morgan fingerprint density at radius 2 is 1.93 bits per heavy atom. The lowest BCUT2D eigenvalue weighted by Crippen LogP contribution is -1.96. The Hall–Kier alpha value is -1.89. The fourth-order valence-corrected chi connectivity index (χ4v) is 1.03. The molecular weight excluding hydrogens is 202 g/mol. The molecule has 0 saturated carbocycles. The van der Waals surface area contributed by atoms with Gasteiger partial charge in [-0.1, -0.05) is 18.1 Å². The van der Waals surface area contributed by atoms with E-state index in [-0.39, 0.29) is 6.42 Å². The summed E-state index contributed by atoms with van der Waals surface area (Å²) in [7, 11) is 0. The van der Waals surface area contributed by atoms with Crippen LogP contribution in [0, 0.1) is 11.8 Å². The summed E-state index contributed by atoms with van der Waals surface area (Å²) in [5.74, 6) is 3.11. The monoisotopic (exact) mass is 210 g/mol. The Labute approximate surface area is 85.5 Å². The van der Waals surface area contributed by atoms with Crippen LogP contribution in [0.5, 0.6) is 0 Å². The van der Waals surface area contributed by atoms with Crippen LogP contribution in [0.25, 0.3) is 0 Å². The molecule has 0 heterocycles. The summed E-state index contributed by atoms with van der Waals surface area (Å²) in [4.78, 5) is 10.1. The highest BCUT2D eigenvalue weighted by molar-refractivity contribution is 5.87. The van der Waals surface area contributed by atoms with E-state index in [1.54, 1.807) is 0 Å². The van der Waals surface area contributed by atoms with Gasteiger partial charge in [0.25, 0.3) is 0 Å². The number of hydrogen-bond donors (Lipinski definition) is 1. The van der Waals surface area contributed by atoms with Crippen molar-refractivity contribution in [2.24, 2.45) is 0 Å². The molecule has 1 rings (SSSR count). The summed E-state index contributed by atoms with van der Waals surface area (Å²) in [5.41, 5.74) is 1.00. The van der Waals surface area contributed by atoms with E-state index in [9.17, 15) is 13.6 Å². The number of alkyl halides is 2. The van der Waals surface area contributed by atoms with Crippen molar-refractivity contribution in [2.75, 3.05) is 0 Å². The summed E-state index contributed by atoms with van der Waals surface area (Å²) in [5, 5.41) is 8.28. The van der Waals surface area contributed by atoms with Gasteiger partial charge in [-0.15, -0.1) is 0 Å². The number of hydrogen-bond acceptors (Lipinski definition) is 1. The summed E-state index contributed by atoms with van der Waals surface area (Å²) >= 11 is 0. The number of carbonyl (C=O) groups is 1.